The van der Waals surface area contributed by atoms with Crippen molar-refractivity contribution >= 4 is 0 Å². The molecule has 0 spiro atoms. The van der Waals surface area contributed by atoms with Crippen LogP contribution in [0.2, 0.25) is 0 Å². The van der Waals surface area contributed by atoms with E-state index in [-0.39, 0.29) is 0 Å². The zero-order valence-corrected chi connectivity index (χ0v) is 15.2. The highest BCUT2D eigenvalue weighted by Crippen LogP contribution is 2.32. The third kappa shape index (κ3) is 3.81. The molecule has 0 aliphatic heterocycles. The van der Waals surface area contributed by atoms with Crippen molar-refractivity contribution in [3.05, 3.63) is 83.4 Å². The summed E-state index contributed by atoms with van der Waals surface area (Å²) < 4.78 is 7.45. The first-order valence-corrected chi connectivity index (χ1v) is 9.25. The molecule has 0 saturated heterocycles. The third-order valence-electron chi connectivity index (χ3n) is 5.16. The van der Waals surface area contributed by atoms with E-state index in [1.54, 1.807) is 7.11 Å². The maximum absolute atomic E-state index is 5.37. The molecule has 0 radical (unpaired) electrons. The molecule has 3 aromatic rings. The molecule has 0 fully saturated rings. The molecule has 134 valence electrons. The van der Waals surface area contributed by atoms with Gasteiger partial charge < -0.3 is 14.6 Å². The van der Waals surface area contributed by atoms with Gasteiger partial charge in [0.05, 0.1) is 13.4 Å². The molecule has 1 N–H and O–H groups in total. The van der Waals surface area contributed by atoms with Gasteiger partial charge in [0.15, 0.2) is 0 Å². The molecule has 1 aliphatic carbocycles. The van der Waals surface area contributed by atoms with Gasteiger partial charge in [0.1, 0.15) is 5.75 Å². The van der Waals surface area contributed by atoms with Crippen LogP contribution in [-0.2, 0) is 19.5 Å². The van der Waals surface area contributed by atoms with Gasteiger partial charge in [-0.3, -0.25) is 0 Å². The number of rotatable bonds is 6. The van der Waals surface area contributed by atoms with Crippen molar-refractivity contribution < 1.29 is 4.74 Å². The molecule has 4 heteroatoms. The van der Waals surface area contributed by atoms with Gasteiger partial charge in [-0.2, -0.15) is 0 Å². The van der Waals surface area contributed by atoms with Gasteiger partial charge in [-0.1, -0.05) is 30.3 Å². The van der Waals surface area contributed by atoms with E-state index in [1.807, 2.05) is 18.7 Å². The van der Waals surface area contributed by atoms with Gasteiger partial charge in [-0.05, 0) is 53.6 Å². The molecule has 1 aromatic heterocycles. The predicted octanol–water partition coefficient (Wildman–Crippen LogP) is 4.11. The maximum atomic E-state index is 5.37. The molecule has 4 rings (SSSR count). The Kier molecular flexibility index (Phi) is 5.02. The standard InChI is InChI=1S/C22H25N3O/c1-26-20-9-10-21-19(13-20)3-2-4-22(21)24-14-17-5-7-18(8-6-17)15-25-12-11-23-16-25/h5-13,16,22,24H,2-4,14-15H2,1H3. The number of fused-ring (bicyclic) bond motifs is 1. The molecule has 26 heavy (non-hydrogen) atoms. The zero-order chi connectivity index (χ0) is 17.8. The quantitative estimate of drug-likeness (QED) is 0.729. The minimum atomic E-state index is 0.426. The van der Waals surface area contributed by atoms with Crippen LogP contribution in [0.15, 0.2) is 61.2 Å². The van der Waals surface area contributed by atoms with E-state index in [1.165, 1.54) is 35.1 Å². The summed E-state index contributed by atoms with van der Waals surface area (Å²) in [6.45, 7) is 1.76. The summed E-state index contributed by atoms with van der Waals surface area (Å²) in [6.07, 6.45) is 9.22. The molecular weight excluding hydrogens is 322 g/mol. The van der Waals surface area contributed by atoms with Gasteiger partial charge in [0.2, 0.25) is 0 Å². The second-order valence-electron chi connectivity index (χ2n) is 6.94. The first-order chi connectivity index (χ1) is 12.8. The minimum Gasteiger partial charge on any atom is -0.497 e. The van der Waals surface area contributed by atoms with Crippen molar-refractivity contribution in [2.45, 2.75) is 38.4 Å². The number of nitrogens with one attached hydrogen (secondary N) is 1. The molecule has 2 aromatic carbocycles. The van der Waals surface area contributed by atoms with Gasteiger partial charge in [0, 0.05) is 31.5 Å². The Hall–Kier alpha value is -2.59. The van der Waals surface area contributed by atoms with Gasteiger partial charge >= 0.3 is 0 Å². The lowest BCUT2D eigenvalue weighted by atomic mass is 9.87. The van der Waals surface area contributed by atoms with Crippen molar-refractivity contribution in [1.29, 1.82) is 0 Å². The van der Waals surface area contributed by atoms with Crippen molar-refractivity contribution in [1.82, 2.24) is 14.9 Å². The van der Waals surface area contributed by atoms with E-state index >= 15 is 0 Å². The smallest absolute Gasteiger partial charge is 0.119 e. The van der Waals surface area contributed by atoms with Crippen LogP contribution in [0.25, 0.3) is 0 Å². The van der Waals surface area contributed by atoms with Gasteiger partial charge in [-0.25, -0.2) is 4.98 Å². The van der Waals surface area contributed by atoms with Gasteiger partial charge in [-0.15, -0.1) is 0 Å². The number of hydrogen-bond donors (Lipinski definition) is 1. The molecular formula is C22H25N3O. The first-order valence-electron chi connectivity index (χ1n) is 9.25. The molecule has 1 atom stereocenters. The van der Waals surface area contributed by atoms with E-state index in [2.05, 4.69) is 57.3 Å². The highest BCUT2D eigenvalue weighted by Gasteiger charge is 2.20. The highest BCUT2D eigenvalue weighted by molar-refractivity contribution is 5.39. The number of imidazole rings is 1. The summed E-state index contributed by atoms with van der Waals surface area (Å²) in [5.41, 5.74) is 5.46. The van der Waals surface area contributed by atoms with Crippen molar-refractivity contribution in [3.8, 4) is 5.75 Å². The van der Waals surface area contributed by atoms with Crippen LogP contribution in [0, 0.1) is 0 Å². The van der Waals surface area contributed by atoms with Crippen LogP contribution in [0.4, 0.5) is 0 Å². The predicted molar refractivity (Wildman–Crippen MR) is 103 cm³/mol. The molecule has 1 heterocycles. The number of aryl methyl sites for hydroxylation is 1. The lowest BCUT2D eigenvalue weighted by molar-refractivity contribution is 0.410. The zero-order valence-electron chi connectivity index (χ0n) is 15.2. The van der Waals surface area contributed by atoms with Crippen molar-refractivity contribution in [2.75, 3.05) is 7.11 Å². The van der Waals surface area contributed by atoms with E-state index in [4.69, 9.17) is 4.74 Å². The molecule has 1 unspecified atom stereocenters. The fraction of sp³-hybridized carbons (Fsp3) is 0.318. The monoisotopic (exact) mass is 347 g/mol. The Morgan fingerprint density at radius 2 is 2.00 bits per heavy atom. The minimum absolute atomic E-state index is 0.426. The second-order valence-corrected chi connectivity index (χ2v) is 6.94. The highest BCUT2D eigenvalue weighted by atomic mass is 16.5. The van der Waals surface area contributed by atoms with Crippen LogP contribution in [0.3, 0.4) is 0 Å². The van der Waals surface area contributed by atoms with Crippen LogP contribution in [0.1, 0.15) is 41.1 Å². The van der Waals surface area contributed by atoms with Crippen molar-refractivity contribution in [3.63, 3.8) is 0 Å². The van der Waals surface area contributed by atoms with Crippen LogP contribution in [-0.4, -0.2) is 16.7 Å². The molecule has 0 bridgehead atoms. The SMILES string of the molecule is COc1ccc2c(c1)CCCC2NCc1ccc(Cn2ccnc2)cc1. The van der Waals surface area contributed by atoms with E-state index in [0.717, 1.165) is 25.3 Å². The summed E-state index contributed by atoms with van der Waals surface area (Å²) >= 11 is 0. The third-order valence-corrected chi connectivity index (χ3v) is 5.16. The Bertz CT molecular complexity index is 840. The molecule has 1 aliphatic rings. The van der Waals surface area contributed by atoms with E-state index in [9.17, 15) is 0 Å². The Morgan fingerprint density at radius 3 is 2.77 bits per heavy atom. The molecule has 0 saturated carbocycles. The first kappa shape index (κ1) is 16.9. The Balaban J connectivity index is 1.39. The topological polar surface area (TPSA) is 39.1 Å². The molecule has 4 nitrogen and oxygen atoms in total. The molecule has 0 amide bonds. The number of hydrogen-bond acceptors (Lipinski definition) is 3. The summed E-state index contributed by atoms with van der Waals surface area (Å²) in [4.78, 5) is 4.09. The van der Waals surface area contributed by atoms with E-state index in [0.29, 0.717) is 6.04 Å². The number of benzene rings is 2. The van der Waals surface area contributed by atoms with Gasteiger partial charge in [0.25, 0.3) is 0 Å². The maximum Gasteiger partial charge on any atom is 0.119 e. The summed E-state index contributed by atoms with van der Waals surface area (Å²) in [5, 5.41) is 3.74. The fourth-order valence-corrected chi connectivity index (χ4v) is 3.72. The van der Waals surface area contributed by atoms with E-state index < -0.39 is 0 Å². The summed E-state index contributed by atoms with van der Waals surface area (Å²) in [5.74, 6) is 0.956. The Morgan fingerprint density at radius 1 is 1.15 bits per heavy atom. The second kappa shape index (κ2) is 7.75. The van der Waals surface area contributed by atoms with Crippen LogP contribution in [0.5, 0.6) is 5.75 Å². The lowest BCUT2D eigenvalue weighted by Gasteiger charge is -2.27. The number of aromatic nitrogens is 2. The Labute approximate surface area is 154 Å². The summed E-state index contributed by atoms with van der Waals surface area (Å²) in [7, 11) is 1.73. The van der Waals surface area contributed by atoms with Crippen molar-refractivity contribution in [2.24, 2.45) is 0 Å². The largest absolute Gasteiger partial charge is 0.497 e. The van der Waals surface area contributed by atoms with Crippen LogP contribution >= 0.6 is 0 Å². The number of methoxy groups -OCH3 is 1. The average molecular weight is 347 g/mol. The fourth-order valence-electron chi connectivity index (χ4n) is 3.72. The number of ether oxygens (including phenoxy) is 1. The van der Waals surface area contributed by atoms with Crippen LogP contribution < -0.4 is 10.1 Å². The normalized spacial score (nSPS) is 16.3. The summed E-state index contributed by atoms with van der Waals surface area (Å²) in [6, 6.07) is 15.8. The average Bonchev–Trinajstić information content (AvgIpc) is 3.20. The lowest BCUT2D eigenvalue weighted by Crippen LogP contribution is -2.24. The number of nitrogens with zero attached hydrogens (tertiary/aromatic N) is 2.